The molecule has 0 atom stereocenters. The van der Waals surface area contributed by atoms with Gasteiger partial charge < -0.3 is 5.32 Å². The zero-order valence-electron chi connectivity index (χ0n) is 7.14. The molecule has 0 spiro atoms. The van der Waals surface area contributed by atoms with Crippen molar-refractivity contribution in [3.05, 3.63) is 21.9 Å². The van der Waals surface area contributed by atoms with Crippen LogP contribution in [-0.2, 0) is 5.54 Å². The van der Waals surface area contributed by atoms with Gasteiger partial charge in [-0.2, -0.15) is 0 Å². The Kier molecular flexibility index (Phi) is 2.18. The van der Waals surface area contributed by atoms with Crippen molar-refractivity contribution in [1.82, 2.24) is 15.5 Å². The first-order valence-electron chi connectivity index (χ1n) is 4.06. The van der Waals surface area contributed by atoms with Gasteiger partial charge in [-0.15, -0.1) is 10.2 Å². The Morgan fingerprint density at radius 2 is 2.08 bits per heavy atom. The van der Waals surface area contributed by atoms with Gasteiger partial charge in [-0.05, 0) is 26.0 Å². The highest BCUT2D eigenvalue weighted by molar-refractivity contribution is 6.31. The molecule has 0 bridgehead atoms. The predicted octanol–water partition coefficient (Wildman–Crippen LogP) is 1.99. The minimum Gasteiger partial charge on any atom is -0.310 e. The minimum absolute atomic E-state index is 0.00331. The number of nitrogens with one attached hydrogen (secondary N) is 1. The average Bonchev–Trinajstić information content (AvgIpc) is 2.90. The number of hydrogen-bond donors (Lipinski definition) is 1. The highest BCUT2D eigenvalue weighted by atomic mass is 35.5. The second-order valence-corrected chi connectivity index (χ2v) is 3.95. The fourth-order valence-corrected chi connectivity index (χ4v) is 1.89. The lowest BCUT2D eigenvalue weighted by atomic mass is 10.1. The molecule has 1 saturated carbocycles. The number of rotatable bonds is 2. The number of nitrogens with zero attached hydrogens (tertiary/aromatic N) is 2. The van der Waals surface area contributed by atoms with E-state index in [1.807, 2.05) is 7.05 Å². The average molecular weight is 218 g/mol. The molecule has 2 rings (SSSR count). The summed E-state index contributed by atoms with van der Waals surface area (Å²) in [6, 6.07) is 1.78. The largest absolute Gasteiger partial charge is 0.310 e. The van der Waals surface area contributed by atoms with Gasteiger partial charge in [0.05, 0.1) is 0 Å². The molecule has 1 fully saturated rings. The van der Waals surface area contributed by atoms with Gasteiger partial charge >= 0.3 is 0 Å². The molecule has 0 radical (unpaired) electrons. The fraction of sp³-hybridized carbons (Fsp3) is 0.500. The first-order valence-corrected chi connectivity index (χ1v) is 4.82. The molecule has 1 aromatic heterocycles. The van der Waals surface area contributed by atoms with Crippen molar-refractivity contribution >= 4 is 23.2 Å². The van der Waals surface area contributed by atoms with E-state index in [4.69, 9.17) is 23.2 Å². The van der Waals surface area contributed by atoms with E-state index < -0.39 is 0 Å². The summed E-state index contributed by atoms with van der Waals surface area (Å²) in [7, 11) is 1.91. The second kappa shape index (κ2) is 3.08. The summed E-state index contributed by atoms with van der Waals surface area (Å²) in [6.45, 7) is 0. The molecule has 13 heavy (non-hydrogen) atoms. The minimum atomic E-state index is -0.00331. The molecular formula is C8H9Cl2N3. The van der Waals surface area contributed by atoms with E-state index in [-0.39, 0.29) is 5.54 Å². The van der Waals surface area contributed by atoms with Crippen molar-refractivity contribution in [1.29, 1.82) is 0 Å². The van der Waals surface area contributed by atoms with Gasteiger partial charge in [-0.3, -0.25) is 0 Å². The Bertz CT molecular complexity index is 336. The Morgan fingerprint density at radius 1 is 1.38 bits per heavy atom. The van der Waals surface area contributed by atoms with E-state index in [0.29, 0.717) is 10.3 Å². The smallest absolute Gasteiger partial charge is 0.156 e. The van der Waals surface area contributed by atoms with Crippen LogP contribution in [0.4, 0.5) is 0 Å². The van der Waals surface area contributed by atoms with Crippen LogP contribution in [-0.4, -0.2) is 17.2 Å². The number of hydrogen-bond acceptors (Lipinski definition) is 3. The van der Waals surface area contributed by atoms with Crippen LogP contribution in [0.3, 0.4) is 0 Å². The van der Waals surface area contributed by atoms with Crippen molar-refractivity contribution in [2.75, 3.05) is 7.05 Å². The van der Waals surface area contributed by atoms with Crippen molar-refractivity contribution in [2.24, 2.45) is 0 Å². The Balaban J connectivity index is 2.44. The SMILES string of the molecule is CNC1(c2cc(Cl)nnc2Cl)CC1. The highest BCUT2D eigenvalue weighted by Crippen LogP contribution is 2.47. The molecule has 0 unspecified atom stereocenters. The fourth-order valence-electron chi connectivity index (χ4n) is 1.47. The second-order valence-electron chi connectivity index (χ2n) is 3.20. The summed E-state index contributed by atoms with van der Waals surface area (Å²) in [5.41, 5.74) is 0.952. The maximum absolute atomic E-state index is 5.93. The summed E-state index contributed by atoms with van der Waals surface area (Å²) >= 11 is 11.7. The van der Waals surface area contributed by atoms with Gasteiger partial charge in [-0.1, -0.05) is 23.2 Å². The molecule has 1 aromatic rings. The van der Waals surface area contributed by atoms with Crippen LogP contribution < -0.4 is 5.32 Å². The predicted molar refractivity (Wildman–Crippen MR) is 52.0 cm³/mol. The van der Waals surface area contributed by atoms with E-state index in [1.165, 1.54) is 0 Å². The Labute approximate surface area is 86.4 Å². The zero-order chi connectivity index (χ0) is 9.47. The van der Waals surface area contributed by atoms with Gasteiger partial charge in [-0.25, -0.2) is 0 Å². The third kappa shape index (κ3) is 1.52. The lowest BCUT2D eigenvalue weighted by Gasteiger charge is -2.14. The lowest BCUT2D eigenvalue weighted by Crippen LogP contribution is -2.25. The third-order valence-corrected chi connectivity index (χ3v) is 2.93. The van der Waals surface area contributed by atoms with Crippen LogP contribution in [0.1, 0.15) is 18.4 Å². The van der Waals surface area contributed by atoms with Gasteiger partial charge in [0.25, 0.3) is 0 Å². The molecule has 1 N–H and O–H groups in total. The van der Waals surface area contributed by atoms with E-state index in [9.17, 15) is 0 Å². The molecule has 1 heterocycles. The topological polar surface area (TPSA) is 37.8 Å². The van der Waals surface area contributed by atoms with Gasteiger partial charge in [0.1, 0.15) is 0 Å². The molecule has 0 amide bonds. The van der Waals surface area contributed by atoms with Crippen LogP contribution in [0.25, 0.3) is 0 Å². The van der Waals surface area contributed by atoms with Crippen LogP contribution in [0.5, 0.6) is 0 Å². The first-order chi connectivity index (χ1) is 6.18. The molecule has 0 saturated heterocycles. The molecule has 5 heteroatoms. The van der Waals surface area contributed by atoms with E-state index in [1.54, 1.807) is 6.07 Å². The van der Waals surface area contributed by atoms with Gasteiger partial charge in [0, 0.05) is 11.1 Å². The Morgan fingerprint density at radius 3 is 2.62 bits per heavy atom. The highest BCUT2D eigenvalue weighted by Gasteiger charge is 2.44. The maximum atomic E-state index is 5.93. The summed E-state index contributed by atoms with van der Waals surface area (Å²) in [4.78, 5) is 0. The molecule has 1 aliphatic rings. The van der Waals surface area contributed by atoms with Crippen LogP contribution in [0.15, 0.2) is 6.07 Å². The summed E-state index contributed by atoms with van der Waals surface area (Å²) in [5, 5.41) is 11.5. The molecule has 3 nitrogen and oxygen atoms in total. The summed E-state index contributed by atoms with van der Waals surface area (Å²) < 4.78 is 0. The quantitative estimate of drug-likeness (QED) is 0.824. The van der Waals surface area contributed by atoms with Crippen molar-refractivity contribution in [2.45, 2.75) is 18.4 Å². The molecule has 0 aromatic carbocycles. The molecule has 1 aliphatic carbocycles. The third-order valence-electron chi connectivity index (χ3n) is 2.46. The van der Waals surface area contributed by atoms with Crippen LogP contribution in [0.2, 0.25) is 10.3 Å². The van der Waals surface area contributed by atoms with Gasteiger partial charge in [0.2, 0.25) is 0 Å². The zero-order valence-corrected chi connectivity index (χ0v) is 8.65. The molecule has 70 valence electrons. The van der Waals surface area contributed by atoms with Crippen molar-refractivity contribution in [3.8, 4) is 0 Å². The first kappa shape index (κ1) is 9.19. The lowest BCUT2D eigenvalue weighted by molar-refractivity contribution is 0.581. The summed E-state index contributed by atoms with van der Waals surface area (Å²) in [5.74, 6) is 0. The van der Waals surface area contributed by atoms with Crippen LogP contribution in [0, 0.1) is 0 Å². The van der Waals surface area contributed by atoms with Crippen LogP contribution >= 0.6 is 23.2 Å². The molecule has 0 aliphatic heterocycles. The van der Waals surface area contributed by atoms with Crippen molar-refractivity contribution in [3.63, 3.8) is 0 Å². The number of halogens is 2. The van der Waals surface area contributed by atoms with E-state index in [0.717, 1.165) is 18.4 Å². The van der Waals surface area contributed by atoms with E-state index in [2.05, 4.69) is 15.5 Å². The Hall–Kier alpha value is -0.380. The van der Waals surface area contributed by atoms with Gasteiger partial charge in [0.15, 0.2) is 10.3 Å². The normalized spacial score (nSPS) is 18.7. The maximum Gasteiger partial charge on any atom is 0.156 e. The number of aromatic nitrogens is 2. The summed E-state index contributed by atoms with van der Waals surface area (Å²) in [6.07, 6.45) is 2.15. The molecular weight excluding hydrogens is 209 g/mol. The van der Waals surface area contributed by atoms with E-state index >= 15 is 0 Å². The standard InChI is InChI=1S/C8H9Cl2N3/c1-11-8(2-3-8)5-4-6(9)12-13-7(5)10/h4,11H,2-3H2,1H3. The van der Waals surface area contributed by atoms with Crippen molar-refractivity contribution < 1.29 is 0 Å². The monoisotopic (exact) mass is 217 g/mol.